The highest BCUT2D eigenvalue weighted by atomic mass is 32.2. The molecule has 2 rings (SSSR count). The van der Waals surface area contributed by atoms with Gasteiger partial charge in [0.05, 0.1) is 18.3 Å². The number of nitrogens with one attached hydrogen (secondary N) is 1. The Morgan fingerprint density at radius 3 is 2.67 bits per heavy atom. The molecule has 2 N–H and O–H groups in total. The summed E-state index contributed by atoms with van der Waals surface area (Å²) in [6, 6.07) is 6.66. The molecule has 0 saturated heterocycles. The summed E-state index contributed by atoms with van der Waals surface area (Å²) in [7, 11) is -3.62. The van der Waals surface area contributed by atoms with Gasteiger partial charge in [-0.3, -0.25) is 0 Å². The quantitative estimate of drug-likeness (QED) is 0.866. The number of nitrogens with zero attached hydrogens (tertiary/aromatic N) is 2. The summed E-state index contributed by atoms with van der Waals surface area (Å²) in [5, 5.41) is 13.3. The molecule has 0 radical (unpaired) electrons. The van der Waals surface area contributed by atoms with Crippen molar-refractivity contribution in [1.29, 1.82) is 0 Å². The number of β-amino-alcohol motifs (C(OH)–C–C–N with tert-alkyl or cyclic N) is 1. The fourth-order valence-corrected chi connectivity index (χ4v) is 3.06. The first kappa shape index (κ1) is 15.9. The molecule has 1 aliphatic heterocycles. The molecule has 0 aromatic heterocycles. The summed E-state index contributed by atoms with van der Waals surface area (Å²) in [4.78, 5) is 1.83. The molecule has 1 aromatic carbocycles. The molecule has 0 bridgehead atoms. The molecule has 1 heterocycles. The topological polar surface area (TPSA) is 82.0 Å². The van der Waals surface area contributed by atoms with Crippen LogP contribution >= 0.6 is 0 Å². The first-order chi connectivity index (χ1) is 9.69. The van der Waals surface area contributed by atoms with Crippen molar-refractivity contribution < 1.29 is 13.5 Å². The van der Waals surface area contributed by atoms with Gasteiger partial charge in [0.2, 0.25) is 0 Å². The third-order valence-electron chi connectivity index (χ3n) is 3.05. The van der Waals surface area contributed by atoms with Gasteiger partial charge in [-0.25, -0.2) is 0 Å². The Labute approximate surface area is 125 Å². The molecule has 21 heavy (non-hydrogen) atoms. The molecule has 6 nitrogen and oxygen atoms in total. The number of hydrogen-bond donors (Lipinski definition) is 2. The summed E-state index contributed by atoms with van der Waals surface area (Å²) >= 11 is 0. The fraction of sp³-hybridized carbons (Fsp3) is 0.500. The van der Waals surface area contributed by atoms with Crippen LogP contribution in [0.15, 0.2) is 33.6 Å². The molecule has 0 amide bonds. The summed E-state index contributed by atoms with van der Waals surface area (Å²) in [5.41, 5.74) is 0.459. The second-order valence-electron chi connectivity index (χ2n) is 6.10. The molecule has 0 aliphatic carbocycles. The van der Waals surface area contributed by atoms with E-state index in [1.165, 1.54) is 12.4 Å². The van der Waals surface area contributed by atoms with E-state index < -0.39 is 16.1 Å². The van der Waals surface area contributed by atoms with E-state index in [0.29, 0.717) is 12.2 Å². The van der Waals surface area contributed by atoms with E-state index in [1.54, 1.807) is 23.1 Å². The third kappa shape index (κ3) is 4.03. The highest BCUT2D eigenvalue weighted by molar-refractivity contribution is 7.90. The highest BCUT2D eigenvalue weighted by Gasteiger charge is 2.26. The zero-order valence-electron chi connectivity index (χ0n) is 12.4. The van der Waals surface area contributed by atoms with Gasteiger partial charge < -0.3 is 15.3 Å². The monoisotopic (exact) mass is 311 g/mol. The second-order valence-corrected chi connectivity index (χ2v) is 7.70. The van der Waals surface area contributed by atoms with Crippen molar-refractivity contribution in [2.45, 2.75) is 37.3 Å². The van der Waals surface area contributed by atoms with E-state index in [2.05, 4.69) is 9.71 Å². The SMILES string of the molecule is CC(C)(C)NCC(O)CN1C=NS(=O)(=O)c2ccccc21. The Hall–Kier alpha value is -1.44. The van der Waals surface area contributed by atoms with Crippen molar-refractivity contribution >= 4 is 22.0 Å². The van der Waals surface area contributed by atoms with Crippen LogP contribution in [-0.2, 0) is 10.0 Å². The van der Waals surface area contributed by atoms with E-state index in [-0.39, 0.29) is 17.0 Å². The van der Waals surface area contributed by atoms with Gasteiger partial charge in [0.1, 0.15) is 11.2 Å². The van der Waals surface area contributed by atoms with Crippen molar-refractivity contribution in [3.05, 3.63) is 24.3 Å². The standard InChI is InChI=1S/C14H21N3O3S/c1-14(2,3)15-8-11(18)9-17-10-16-21(19,20)13-7-5-4-6-12(13)17/h4-7,10-11,15,18H,8-9H2,1-3H3. The van der Waals surface area contributed by atoms with Gasteiger partial charge in [-0.05, 0) is 32.9 Å². The summed E-state index contributed by atoms with van der Waals surface area (Å²) in [5.74, 6) is 0. The van der Waals surface area contributed by atoms with Gasteiger partial charge >= 0.3 is 0 Å². The van der Waals surface area contributed by atoms with Crippen molar-refractivity contribution in [3.63, 3.8) is 0 Å². The van der Waals surface area contributed by atoms with Crippen LogP contribution in [0.4, 0.5) is 5.69 Å². The zero-order chi connectivity index (χ0) is 15.7. The van der Waals surface area contributed by atoms with E-state index in [4.69, 9.17) is 0 Å². The fourth-order valence-electron chi connectivity index (χ4n) is 2.01. The van der Waals surface area contributed by atoms with Crippen LogP contribution in [-0.4, -0.2) is 44.6 Å². The van der Waals surface area contributed by atoms with Crippen LogP contribution < -0.4 is 10.2 Å². The number of anilines is 1. The summed E-state index contributed by atoms with van der Waals surface area (Å²) in [6.07, 6.45) is 0.627. The molecule has 1 atom stereocenters. The Balaban J connectivity index is 2.12. The molecule has 0 fully saturated rings. The minimum Gasteiger partial charge on any atom is -0.390 e. The largest absolute Gasteiger partial charge is 0.390 e. The summed E-state index contributed by atoms with van der Waals surface area (Å²) < 4.78 is 27.3. The predicted molar refractivity (Wildman–Crippen MR) is 83.2 cm³/mol. The van der Waals surface area contributed by atoms with E-state index in [0.717, 1.165) is 0 Å². The molecular formula is C14H21N3O3S. The van der Waals surface area contributed by atoms with E-state index in [1.807, 2.05) is 20.8 Å². The lowest BCUT2D eigenvalue weighted by atomic mass is 10.1. The lowest BCUT2D eigenvalue weighted by molar-refractivity contribution is 0.169. The molecule has 116 valence electrons. The predicted octanol–water partition coefficient (Wildman–Crippen LogP) is 0.973. The van der Waals surface area contributed by atoms with E-state index >= 15 is 0 Å². The lowest BCUT2D eigenvalue weighted by Crippen LogP contribution is -2.45. The van der Waals surface area contributed by atoms with Gasteiger partial charge in [0.15, 0.2) is 0 Å². The average molecular weight is 311 g/mol. The lowest BCUT2D eigenvalue weighted by Gasteiger charge is -2.29. The van der Waals surface area contributed by atoms with Crippen LogP contribution in [0.3, 0.4) is 0 Å². The van der Waals surface area contributed by atoms with Crippen LogP contribution in [0.25, 0.3) is 0 Å². The molecular weight excluding hydrogens is 290 g/mol. The maximum absolute atomic E-state index is 11.9. The Kier molecular flexibility index (Phi) is 4.36. The number of sulfonamides is 1. The molecule has 1 aliphatic rings. The average Bonchev–Trinajstić information content (AvgIpc) is 2.39. The van der Waals surface area contributed by atoms with Gasteiger partial charge in [0, 0.05) is 12.1 Å². The number of hydrogen-bond acceptors (Lipinski definition) is 5. The van der Waals surface area contributed by atoms with Crippen LogP contribution in [0.1, 0.15) is 20.8 Å². The number of aliphatic hydroxyl groups excluding tert-OH is 1. The highest BCUT2D eigenvalue weighted by Crippen LogP contribution is 2.29. The minimum atomic E-state index is -3.62. The normalized spacial score (nSPS) is 18.4. The first-order valence-corrected chi connectivity index (χ1v) is 8.22. The van der Waals surface area contributed by atoms with Gasteiger partial charge in [-0.1, -0.05) is 12.1 Å². The second kappa shape index (κ2) is 5.75. The maximum atomic E-state index is 11.9. The minimum absolute atomic E-state index is 0.0851. The molecule has 0 saturated carbocycles. The molecule has 1 aromatic rings. The summed E-state index contributed by atoms with van der Waals surface area (Å²) in [6.45, 7) is 6.75. The first-order valence-electron chi connectivity index (χ1n) is 6.78. The van der Waals surface area contributed by atoms with Gasteiger partial charge in [-0.15, -0.1) is 4.40 Å². The van der Waals surface area contributed by atoms with Gasteiger partial charge in [-0.2, -0.15) is 8.42 Å². The maximum Gasteiger partial charge on any atom is 0.285 e. The smallest absolute Gasteiger partial charge is 0.285 e. The van der Waals surface area contributed by atoms with E-state index in [9.17, 15) is 13.5 Å². The zero-order valence-corrected chi connectivity index (χ0v) is 13.3. The van der Waals surface area contributed by atoms with Crippen LogP contribution in [0, 0.1) is 0 Å². The van der Waals surface area contributed by atoms with Crippen molar-refractivity contribution in [1.82, 2.24) is 5.32 Å². The van der Waals surface area contributed by atoms with Crippen molar-refractivity contribution in [3.8, 4) is 0 Å². The number of rotatable bonds is 4. The Bertz CT molecular complexity index is 635. The third-order valence-corrected chi connectivity index (χ3v) is 4.33. The number of aliphatic hydroxyl groups is 1. The van der Waals surface area contributed by atoms with Crippen molar-refractivity contribution in [2.24, 2.45) is 4.40 Å². The van der Waals surface area contributed by atoms with Crippen molar-refractivity contribution in [2.75, 3.05) is 18.0 Å². The van der Waals surface area contributed by atoms with Crippen LogP contribution in [0.2, 0.25) is 0 Å². The molecule has 7 heteroatoms. The van der Waals surface area contributed by atoms with Crippen LogP contribution in [0.5, 0.6) is 0 Å². The molecule has 1 unspecified atom stereocenters. The number of para-hydroxylation sites is 1. The number of fused-ring (bicyclic) bond motifs is 1. The number of benzene rings is 1. The van der Waals surface area contributed by atoms with Gasteiger partial charge in [0.25, 0.3) is 10.0 Å². The Morgan fingerprint density at radius 2 is 2.00 bits per heavy atom. The Morgan fingerprint density at radius 1 is 1.33 bits per heavy atom. The molecule has 0 spiro atoms.